The van der Waals surface area contributed by atoms with Crippen LogP contribution in [-0.4, -0.2) is 16.2 Å². The van der Waals surface area contributed by atoms with Gasteiger partial charge in [0.25, 0.3) is 0 Å². The molecule has 1 saturated heterocycles. The highest BCUT2D eigenvalue weighted by molar-refractivity contribution is 5.44. The molecule has 16 heavy (non-hydrogen) atoms. The lowest BCUT2D eigenvalue weighted by Gasteiger charge is -2.11. The van der Waals surface area contributed by atoms with Crippen molar-refractivity contribution in [2.75, 3.05) is 0 Å². The van der Waals surface area contributed by atoms with Crippen molar-refractivity contribution in [2.24, 2.45) is 0 Å². The van der Waals surface area contributed by atoms with Crippen molar-refractivity contribution in [3.05, 3.63) is 29.0 Å². The van der Waals surface area contributed by atoms with E-state index in [-0.39, 0.29) is 17.1 Å². The summed E-state index contributed by atoms with van der Waals surface area (Å²) in [6.45, 7) is 4.25. The average Bonchev–Trinajstić information content (AvgIpc) is 2.54. The van der Waals surface area contributed by atoms with Crippen molar-refractivity contribution in [1.29, 1.82) is 0 Å². The van der Waals surface area contributed by atoms with Crippen molar-refractivity contribution in [3.8, 4) is 0 Å². The van der Waals surface area contributed by atoms with Crippen LogP contribution in [0.2, 0.25) is 0 Å². The predicted molar refractivity (Wildman–Crippen MR) is 55.8 cm³/mol. The van der Waals surface area contributed by atoms with Gasteiger partial charge in [0.1, 0.15) is 11.3 Å². The first kappa shape index (κ1) is 8.93. The largest absolute Gasteiger partial charge is 0.618 e. The topological polar surface area (TPSA) is 52.4 Å². The fraction of sp³-hybridized carbons (Fsp3) is 0.667. The van der Waals surface area contributed by atoms with E-state index in [4.69, 9.17) is 4.74 Å². The second-order valence-corrected chi connectivity index (χ2v) is 5.61. The van der Waals surface area contributed by atoms with Gasteiger partial charge in [-0.15, -0.1) is 0 Å². The molecule has 4 heteroatoms. The van der Waals surface area contributed by atoms with Gasteiger partial charge >= 0.3 is 0 Å². The van der Waals surface area contributed by atoms with Crippen LogP contribution in [0.25, 0.3) is 0 Å². The van der Waals surface area contributed by atoms with Crippen LogP contribution in [0.15, 0.2) is 12.4 Å². The van der Waals surface area contributed by atoms with E-state index in [0.29, 0.717) is 5.92 Å². The number of epoxide rings is 1. The number of ether oxygens (including phenoxy) is 1. The van der Waals surface area contributed by atoms with E-state index in [1.54, 1.807) is 6.20 Å². The van der Waals surface area contributed by atoms with E-state index in [0.717, 1.165) is 29.0 Å². The minimum Gasteiger partial charge on any atom is -0.618 e. The van der Waals surface area contributed by atoms with Crippen LogP contribution in [0, 0.1) is 5.21 Å². The van der Waals surface area contributed by atoms with Crippen molar-refractivity contribution in [2.45, 2.75) is 49.7 Å². The average molecular weight is 218 g/mol. The van der Waals surface area contributed by atoms with E-state index in [1.807, 2.05) is 0 Å². The minimum absolute atomic E-state index is 0.0907. The second-order valence-electron chi connectivity index (χ2n) is 5.61. The normalized spacial score (nSPS) is 41.4. The zero-order valence-corrected chi connectivity index (χ0v) is 9.43. The van der Waals surface area contributed by atoms with Crippen LogP contribution in [0.3, 0.4) is 0 Å². The summed E-state index contributed by atoms with van der Waals surface area (Å²) in [6.07, 6.45) is 5.28. The zero-order valence-electron chi connectivity index (χ0n) is 9.43. The van der Waals surface area contributed by atoms with E-state index >= 15 is 0 Å². The Morgan fingerprint density at radius 1 is 1.44 bits per heavy atom. The van der Waals surface area contributed by atoms with Crippen LogP contribution < -0.4 is 4.73 Å². The Morgan fingerprint density at radius 3 is 2.75 bits per heavy atom. The highest BCUT2D eigenvalue weighted by atomic mass is 16.6. The summed E-state index contributed by atoms with van der Waals surface area (Å²) in [5.74, 6) is 0.595. The van der Waals surface area contributed by atoms with Crippen molar-refractivity contribution in [3.63, 3.8) is 0 Å². The molecule has 1 aromatic rings. The van der Waals surface area contributed by atoms with E-state index in [1.165, 1.54) is 6.20 Å². The number of fused-ring (bicyclic) bond motifs is 3. The molecule has 3 aliphatic rings. The number of hydrogen-bond acceptors (Lipinski definition) is 3. The molecule has 2 bridgehead atoms. The van der Waals surface area contributed by atoms with E-state index in [9.17, 15) is 5.21 Å². The standard InChI is InChI=1S/C12H14N2O2/c1-11(2)12(16-11)7-3-4-8(12)10-9(7)13-5-6-14(10)15/h5-8H,3-4H2,1-2H3/t7-,8+,12+/m1/s1. The molecule has 2 fully saturated rings. The second kappa shape index (κ2) is 2.25. The van der Waals surface area contributed by atoms with Gasteiger partial charge in [0.05, 0.1) is 17.7 Å². The van der Waals surface area contributed by atoms with Crippen LogP contribution in [-0.2, 0) is 4.74 Å². The summed E-state index contributed by atoms with van der Waals surface area (Å²) >= 11 is 0. The first-order valence-corrected chi connectivity index (χ1v) is 5.86. The molecule has 0 amide bonds. The smallest absolute Gasteiger partial charge is 0.220 e. The van der Waals surface area contributed by atoms with Gasteiger partial charge in [-0.3, -0.25) is 0 Å². The van der Waals surface area contributed by atoms with Gasteiger partial charge in [-0.2, -0.15) is 4.73 Å². The SMILES string of the molecule is CC1(C)O[C@]12[C@@H]1CC[C@H]2c2c1ncc[n+]2[O-]. The number of aromatic nitrogens is 2. The molecule has 2 heterocycles. The third-order valence-corrected chi connectivity index (χ3v) is 4.68. The Balaban J connectivity index is 1.96. The Bertz CT molecular complexity index is 500. The molecule has 1 spiro atoms. The third kappa shape index (κ3) is 0.696. The molecule has 1 aliphatic heterocycles. The summed E-state index contributed by atoms with van der Waals surface area (Å²) in [4.78, 5) is 4.40. The molecule has 3 atom stereocenters. The highest BCUT2D eigenvalue weighted by Gasteiger charge is 2.79. The van der Waals surface area contributed by atoms with Crippen molar-refractivity contribution in [1.82, 2.24) is 4.98 Å². The Kier molecular flexibility index (Phi) is 1.26. The Labute approximate surface area is 93.8 Å². The molecule has 4 nitrogen and oxygen atoms in total. The molecule has 4 rings (SSSR count). The fourth-order valence-corrected chi connectivity index (χ4v) is 4.10. The Morgan fingerprint density at radius 2 is 2.12 bits per heavy atom. The van der Waals surface area contributed by atoms with Gasteiger partial charge in [0.15, 0.2) is 6.20 Å². The van der Waals surface area contributed by atoms with Gasteiger partial charge in [0, 0.05) is 5.92 Å². The lowest BCUT2D eigenvalue weighted by Crippen LogP contribution is -2.35. The van der Waals surface area contributed by atoms with Gasteiger partial charge in [-0.05, 0) is 26.7 Å². The van der Waals surface area contributed by atoms with Crippen molar-refractivity contribution < 1.29 is 9.47 Å². The van der Waals surface area contributed by atoms with E-state index in [2.05, 4.69) is 18.8 Å². The molecular weight excluding hydrogens is 204 g/mol. The molecule has 0 N–H and O–H groups in total. The maximum atomic E-state index is 11.8. The maximum Gasteiger partial charge on any atom is 0.220 e. The summed E-state index contributed by atoms with van der Waals surface area (Å²) < 4.78 is 6.98. The molecule has 1 aromatic heterocycles. The fourth-order valence-electron chi connectivity index (χ4n) is 4.10. The van der Waals surface area contributed by atoms with Gasteiger partial charge in [0.2, 0.25) is 5.69 Å². The summed E-state index contributed by atoms with van der Waals surface area (Å²) in [7, 11) is 0. The lowest BCUT2D eigenvalue weighted by atomic mass is 9.85. The van der Waals surface area contributed by atoms with Crippen LogP contribution in [0.1, 0.15) is 49.9 Å². The highest BCUT2D eigenvalue weighted by Crippen LogP contribution is 2.72. The summed E-state index contributed by atoms with van der Waals surface area (Å²) in [5, 5.41) is 11.8. The maximum absolute atomic E-state index is 11.8. The Hall–Kier alpha value is -1.16. The molecule has 1 saturated carbocycles. The van der Waals surface area contributed by atoms with Crippen molar-refractivity contribution >= 4 is 0 Å². The summed E-state index contributed by atoms with van der Waals surface area (Å²) in [6, 6.07) is 0. The number of nitrogens with zero attached hydrogens (tertiary/aromatic N) is 2. The number of hydrogen-bond donors (Lipinski definition) is 0. The predicted octanol–water partition coefficient (Wildman–Crippen LogP) is 1.24. The van der Waals surface area contributed by atoms with Gasteiger partial charge in [-0.1, -0.05) is 0 Å². The van der Waals surface area contributed by atoms with Gasteiger partial charge < -0.3 is 9.94 Å². The quantitative estimate of drug-likeness (QED) is 0.374. The first-order chi connectivity index (χ1) is 7.58. The molecular formula is C12H14N2O2. The zero-order chi connectivity index (χ0) is 11.1. The van der Waals surface area contributed by atoms with E-state index < -0.39 is 0 Å². The van der Waals surface area contributed by atoms with Crippen LogP contribution in [0.4, 0.5) is 0 Å². The lowest BCUT2D eigenvalue weighted by molar-refractivity contribution is -0.616. The van der Waals surface area contributed by atoms with Crippen LogP contribution in [0.5, 0.6) is 0 Å². The third-order valence-electron chi connectivity index (χ3n) is 4.68. The molecule has 0 unspecified atom stereocenters. The molecule has 2 aliphatic carbocycles. The minimum atomic E-state index is -0.115. The molecule has 84 valence electrons. The monoisotopic (exact) mass is 218 g/mol. The molecule has 0 aromatic carbocycles. The van der Waals surface area contributed by atoms with Crippen LogP contribution >= 0.6 is 0 Å². The summed E-state index contributed by atoms with van der Waals surface area (Å²) in [5.41, 5.74) is 1.64. The number of rotatable bonds is 0. The van der Waals surface area contributed by atoms with Gasteiger partial charge in [-0.25, -0.2) is 4.98 Å². The molecule has 0 radical (unpaired) electrons. The first-order valence-electron chi connectivity index (χ1n) is 5.86.